The van der Waals surface area contributed by atoms with Gasteiger partial charge in [0.1, 0.15) is 0 Å². The van der Waals surface area contributed by atoms with Crippen molar-refractivity contribution in [2.45, 2.75) is 31.1 Å². The maximum absolute atomic E-state index is 13.3. The minimum Gasteiger partial charge on any atom is -0.368 e. The van der Waals surface area contributed by atoms with Crippen LogP contribution < -0.4 is 19.8 Å². The van der Waals surface area contributed by atoms with Gasteiger partial charge in [-0.2, -0.15) is 0 Å². The van der Waals surface area contributed by atoms with Crippen molar-refractivity contribution in [2.24, 2.45) is 0 Å². The first-order valence-corrected chi connectivity index (χ1v) is 15.6. The van der Waals surface area contributed by atoms with E-state index in [2.05, 4.69) is 38.9 Å². The molecule has 0 aliphatic carbocycles. The summed E-state index contributed by atoms with van der Waals surface area (Å²) >= 11 is 0. The van der Waals surface area contributed by atoms with E-state index in [1.807, 2.05) is 23.1 Å². The van der Waals surface area contributed by atoms with Gasteiger partial charge in [-0.25, -0.2) is 8.42 Å². The number of likely N-dealkylation sites (tertiary alicyclic amines) is 1. The number of carbonyl (C=O) groups excluding carboxylic acids is 2. The van der Waals surface area contributed by atoms with Crippen LogP contribution in [0, 0.1) is 6.92 Å². The molecule has 0 radical (unpaired) electrons. The topological polar surface area (TPSA) is 102 Å². The van der Waals surface area contributed by atoms with Gasteiger partial charge in [0.25, 0.3) is 15.9 Å². The first-order chi connectivity index (χ1) is 19.8. The van der Waals surface area contributed by atoms with Gasteiger partial charge in [0.15, 0.2) is 0 Å². The summed E-state index contributed by atoms with van der Waals surface area (Å²) in [6, 6.07) is 21.7. The molecule has 0 unspecified atom stereocenters. The van der Waals surface area contributed by atoms with Crippen molar-refractivity contribution in [1.82, 2.24) is 10.2 Å². The van der Waals surface area contributed by atoms with Crippen LogP contribution in [0.1, 0.15) is 35.2 Å². The van der Waals surface area contributed by atoms with E-state index in [0.717, 1.165) is 31.7 Å². The molecule has 2 fully saturated rings. The Kier molecular flexibility index (Phi) is 8.78. The third-order valence-corrected chi connectivity index (χ3v) is 9.08. The van der Waals surface area contributed by atoms with Crippen molar-refractivity contribution in [1.29, 1.82) is 0 Å². The number of amides is 2. The second kappa shape index (κ2) is 12.6. The number of hydrogen-bond acceptors (Lipinski definition) is 6. The van der Waals surface area contributed by atoms with Crippen LogP contribution in [0.25, 0.3) is 0 Å². The molecule has 9 nitrogen and oxygen atoms in total. The Hall–Kier alpha value is -4.05. The third kappa shape index (κ3) is 6.82. The number of para-hydroxylation sites is 1. The Morgan fingerprint density at radius 1 is 0.854 bits per heavy atom. The Labute approximate surface area is 242 Å². The summed E-state index contributed by atoms with van der Waals surface area (Å²) in [7, 11) is -3.87. The van der Waals surface area contributed by atoms with Crippen molar-refractivity contribution in [3.05, 3.63) is 83.9 Å². The zero-order valence-corrected chi connectivity index (χ0v) is 24.2. The number of benzene rings is 3. The van der Waals surface area contributed by atoms with Crippen LogP contribution in [-0.4, -0.2) is 70.9 Å². The van der Waals surface area contributed by atoms with E-state index in [9.17, 15) is 18.0 Å². The lowest BCUT2D eigenvalue weighted by Gasteiger charge is -2.38. The second-order valence-electron chi connectivity index (χ2n) is 10.5. The SMILES string of the molecule is Cc1ccccc1N1CCN(c2ccc(C(=O)NCCCN3CCCC3=O)cc2NS(=O)(=O)c2ccccc2)CC1. The predicted molar refractivity (Wildman–Crippen MR) is 162 cm³/mol. The van der Waals surface area contributed by atoms with Crippen LogP contribution in [0.2, 0.25) is 0 Å². The standard InChI is InChI=1S/C31H37N5O4S/c1-24-9-5-6-12-28(24)34-19-21-35(22-20-34)29-15-14-25(31(38)32-16-8-18-36-17-7-13-30(36)37)23-27(29)33-41(39,40)26-10-3-2-4-11-26/h2-6,9-12,14-15,23,33H,7-8,13,16-22H2,1H3,(H,32,38). The molecule has 5 rings (SSSR count). The van der Waals surface area contributed by atoms with Gasteiger partial charge in [0, 0.05) is 63.5 Å². The van der Waals surface area contributed by atoms with Crippen LogP contribution in [0.5, 0.6) is 0 Å². The Balaban J connectivity index is 1.32. The monoisotopic (exact) mass is 575 g/mol. The van der Waals surface area contributed by atoms with E-state index >= 15 is 0 Å². The number of piperazine rings is 1. The maximum atomic E-state index is 13.3. The van der Waals surface area contributed by atoms with Gasteiger partial charge in [-0.1, -0.05) is 36.4 Å². The Bertz CT molecular complexity index is 1490. The third-order valence-electron chi connectivity index (χ3n) is 7.69. The van der Waals surface area contributed by atoms with Crippen molar-refractivity contribution in [3.8, 4) is 0 Å². The van der Waals surface area contributed by atoms with Crippen LogP contribution in [0.3, 0.4) is 0 Å². The first-order valence-electron chi connectivity index (χ1n) is 14.2. The molecule has 2 amide bonds. The fourth-order valence-electron chi connectivity index (χ4n) is 5.46. The number of hydrogen-bond donors (Lipinski definition) is 2. The van der Waals surface area contributed by atoms with E-state index in [1.54, 1.807) is 42.5 Å². The number of nitrogens with zero attached hydrogens (tertiary/aromatic N) is 3. The lowest BCUT2D eigenvalue weighted by Crippen LogP contribution is -2.47. The number of anilines is 3. The highest BCUT2D eigenvalue weighted by Crippen LogP contribution is 2.31. The quantitative estimate of drug-likeness (QED) is 0.356. The molecular weight excluding hydrogens is 538 g/mol. The molecule has 0 atom stereocenters. The molecular formula is C31H37N5O4S. The molecule has 2 saturated heterocycles. The molecule has 41 heavy (non-hydrogen) atoms. The van der Waals surface area contributed by atoms with E-state index in [1.165, 1.54) is 11.3 Å². The summed E-state index contributed by atoms with van der Waals surface area (Å²) in [4.78, 5) is 31.3. The van der Waals surface area contributed by atoms with Crippen molar-refractivity contribution < 1.29 is 18.0 Å². The molecule has 0 saturated carbocycles. The largest absolute Gasteiger partial charge is 0.368 e. The molecule has 3 aromatic carbocycles. The van der Waals surface area contributed by atoms with Crippen LogP contribution >= 0.6 is 0 Å². The van der Waals surface area contributed by atoms with Gasteiger partial charge in [-0.15, -0.1) is 0 Å². The van der Waals surface area contributed by atoms with Crippen molar-refractivity contribution in [3.63, 3.8) is 0 Å². The number of aryl methyl sites for hydroxylation is 1. The molecule has 2 aliphatic rings. The minimum absolute atomic E-state index is 0.154. The summed E-state index contributed by atoms with van der Waals surface area (Å²) in [5.41, 5.74) is 3.90. The van der Waals surface area contributed by atoms with E-state index in [-0.39, 0.29) is 16.7 Å². The fraction of sp³-hybridized carbons (Fsp3) is 0.355. The van der Waals surface area contributed by atoms with Gasteiger partial charge in [0.05, 0.1) is 16.3 Å². The summed E-state index contributed by atoms with van der Waals surface area (Å²) in [6.07, 6.45) is 2.15. The lowest BCUT2D eigenvalue weighted by atomic mass is 10.1. The number of nitrogens with one attached hydrogen (secondary N) is 2. The van der Waals surface area contributed by atoms with Crippen molar-refractivity contribution >= 4 is 38.9 Å². The van der Waals surface area contributed by atoms with Crippen molar-refractivity contribution in [2.75, 3.05) is 60.3 Å². The smallest absolute Gasteiger partial charge is 0.261 e. The summed E-state index contributed by atoms with van der Waals surface area (Å²) in [5, 5.41) is 2.91. The highest BCUT2D eigenvalue weighted by atomic mass is 32.2. The average Bonchev–Trinajstić information content (AvgIpc) is 3.40. The maximum Gasteiger partial charge on any atom is 0.261 e. The number of rotatable bonds is 10. The highest BCUT2D eigenvalue weighted by molar-refractivity contribution is 7.92. The molecule has 216 valence electrons. The molecule has 0 aromatic heterocycles. The average molecular weight is 576 g/mol. The lowest BCUT2D eigenvalue weighted by molar-refractivity contribution is -0.127. The van der Waals surface area contributed by atoms with Gasteiger partial charge in [0.2, 0.25) is 5.91 Å². The molecule has 3 aromatic rings. The molecule has 10 heteroatoms. The van der Waals surface area contributed by atoms with Crippen LogP contribution in [0.15, 0.2) is 77.7 Å². The molecule has 0 bridgehead atoms. The zero-order chi connectivity index (χ0) is 28.8. The second-order valence-corrected chi connectivity index (χ2v) is 12.2. The molecule has 2 aliphatic heterocycles. The van der Waals surface area contributed by atoms with Gasteiger partial charge in [-0.3, -0.25) is 14.3 Å². The summed E-state index contributed by atoms with van der Waals surface area (Å²) in [5.74, 6) is -0.115. The van der Waals surface area contributed by atoms with Gasteiger partial charge < -0.3 is 20.0 Å². The molecule has 2 N–H and O–H groups in total. The number of carbonyl (C=O) groups is 2. The zero-order valence-electron chi connectivity index (χ0n) is 23.4. The van der Waals surface area contributed by atoms with E-state index < -0.39 is 10.0 Å². The summed E-state index contributed by atoms with van der Waals surface area (Å²) < 4.78 is 29.3. The number of sulfonamides is 1. The van der Waals surface area contributed by atoms with E-state index in [0.29, 0.717) is 50.3 Å². The van der Waals surface area contributed by atoms with Crippen LogP contribution in [0.4, 0.5) is 17.1 Å². The van der Waals surface area contributed by atoms with Gasteiger partial charge in [-0.05, 0) is 61.7 Å². The normalized spacial score (nSPS) is 15.7. The minimum atomic E-state index is -3.87. The van der Waals surface area contributed by atoms with E-state index in [4.69, 9.17) is 0 Å². The first kappa shape index (κ1) is 28.5. The molecule has 2 heterocycles. The Morgan fingerprint density at radius 2 is 1.54 bits per heavy atom. The summed E-state index contributed by atoms with van der Waals surface area (Å²) in [6.45, 7) is 6.91. The Morgan fingerprint density at radius 3 is 2.22 bits per heavy atom. The van der Waals surface area contributed by atoms with Crippen LogP contribution in [-0.2, 0) is 14.8 Å². The molecule has 0 spiro atoms. The van der Waals surface area contributed by atoms with Gasteiger partial charge >= 0.3 is 0 Å². The predicted octanol–water partition coefficient (Wildman–Crippen LogP) is 3.86. The fourth-order valence-corrected chi connectivity index (χ4v) is 6.55. The highest BCUT2D eigenvalue weighted by Gasteiger charge is 2.24.